The fourth-order valence-corrected chi connectivity index (χ4v) is 3.63. The number of hydrogen-bond acceptors (Lipinski definition) is 6. The Labute approximate surface area is 179 Å². The Morgan fingerprint density at radius 2 is 2.00 bits per heavy atom. The molecule has 0 saturated carbocycles. The zero-order chi connectivity index (χ0) is 20.6. The van der Waals surface area contributed by atoms with Gasteiger partial charge in [-0.25, -0.2) is 5.43 Å². The second kappa shape index (κ2) is 10.0. The lowest BCUT2D eigenvalue weighted by Gasteiger charge is -2.02. The van der Waals surface area contributed by atoms with E-state index in [9.17, 15) is 14.9 Å². The van der Waals surface area contributed by atoms with E-state index in [1.807, 2.05) is 24.3 Å². The number of carbonyl (C=O) groups is 1. The van der Waals surface area contributed by atoms with Crippen molar-refractivity contribution in [2.45, 2.75) is 5.75 Å². The number of hydrogen-bond donors (Lipinski definition) is 1. The third kappa shape index (κ3) is 6.30. The van der Waals surface area contributed by atoms with Gasteiger partial charge in [0, 0.05) is 27.9 Å². The van der Waals surface area contributed by atoms with Crippen LogP contribution in [0, 0.1) is 10.1 Å². The molecule has 3 rings (SSSR count). The van der Waals surface area contributed by atoms with Crippen LogP contribution in [0.25, 0.3) is 11.3 Å². The summed E-state index contributed by atoms with van der Waals surface area (Å²) in [4.78, 5) is 22.1. The highest BCUT2D eigenvalue weighted by Crippen LogP contribution is 2.24. The predicted octanol–water partition coefficient (Wildman–Crippen LogP) is 5.00. The fraction of sp³-hybridized carbons (Fsp3) is 0.100. The minimum Gasteiger partial charge on any atom is -0.455 e. The number of halogens is 1. The molecule has 2 aromatic carbocycles. The third-order valence-corrected chi connectivity index (χ3v) is 5.26. The van der Waals surface area contributed by atoms with Crippen molar-refractivity contribution in [3.05, 3.63) is 86.6 Å². The molecule has 0 spiro atoms. The first-order valence-corrected chi connectivity index (χ1v) is 10.4. The Morgan fingerprint density at radius 1 is 1.21 bits per heavy atom. The number of nitrogens with one attached hydrogen (secondary N) is 1. The number of rotatable bonds is 8. The number of benzene rings is 2. The van der Waals surface area contributed by atoms with Gasteiger partial charge in [-0.1, -0.05) is 28.1 Å². The zero-order valence-electron chi connectivity index (χ0n) is 15.1. The number of carbonyl (C=O) groups excluding carboxylic acids is 1. The van der Waals surface area contributed by atoms with Gasteiger partial charge in [0.1, 0.15) is 11.5 Å². The van der Waals surface area contributed by atoms with Crippen molar-refractivity contribution in [1.82, 2.24) is 5.43 Å². The highest BCUT2D eigenvalue weighted by atomic mass is 79.9. The van der Waals surface area contributed by atoms with Crippen molar-refractivity contribution in [1.29, 1.82) is 0 Å². The summed E-state index contributed by atoms with van der Waals surface area (Å²) in [5.74, 6) is 1.82. The van der Waals surface area contributed by atoms with Crippen LogP contribution in [-0.4, -0.2) is 22.8 Å². The zero-order valence-corrected chi connectivity index (χ0v) is 17.5. The molecule has 0 aliphatic carbocycles. The van der Waals surface area contributed by atoms with Crippen molar-refractivity contribution in [2.24, 2.45) is 5.10 Å². The fourth-order valence-electron chi connectivity index (χ4n) is 2.41. The number of hydrazone groups is 1. The van der Waals surface area contributed by atoms with Crippen LogP contribution in [-0.2, 0) is 10.5 Å². The van der Waals surface area contributed by atoms with Gasteiger partial charge in [-0.15, -0.1) is 11.8 Å². The lowest BCUT2D eigenvalue weighted by atomic mass is 10.1. The van der Waals surface area contributed by atoms with Gasteiger partial charge in [-0.05, 0) is 42.0 Å². The lowest BCUT2D eigenvalue weighted by Crippen LogP contribution is -2.19. The summed E-state index contributed by atoms with van der Waals surface area (Å²) >= 11 is 4.92. The summed E-state index contributed by atoms with van der Waals surface area (Å²) in [6.07, 6.45) is 1.41. The van der Waals surface area contributed by atoms with Crippen molar-refractivity contribution < 1.29 is 14.1 Å². The maximum atomic E-state index is 11.9. The molecule has 0 aliphatic rings. The average Bonchev–Trinajstić information content (AvgIpc) is 3.17. The molecule has 0 aliphatic heterocycles. The maximum Gasteiger partial charge on any atom is 0.269 e. The van der Waals surface area contributed by atoms with Gasteiger partial charge in [0.2, 0.25) is 5.91 Å². The van der Waals surface area contributed by atoms with Gasteiger partial charge in [0.05, 0.1) is 16.9 Å². The molecule has 1 N–H and O–H groups in total. The first-order chi connectivity index (χ1) is 14.0. The minimum atomic E-state index is -0.455. The molecule has 1 aromatic heterocycles. The molecule has 0 atom stereocenters. The van der Waals surface area contributed by atoms with E-state index in [0.29, 0.717) is 17.1 Å². The highest BCUT2D eigenvalue weighted by Gasteiger charge is 2.08. The number of amides is 1. The van der Waals surface area contributed by atoms with E-state index < -0.39 is 4.92 Å². The third-order valence-electron chi connectivity index (χ3n) is 3.76. The van der Waals surface area contributed by atoms with E-state index in [0.717, 1.165) is 15.8 Å². The van der Waals surface area contributed by atoms with Crippen LogP contribution < -0.4 is 5.43 Å². The molecule has 1 heterocycles. The molecule has 0 fully saturated rings. The molecule has 0 unspecified atom stereocenters. The van der Waals surface area contributed by atoms with E-state index in [1.54, 1.807) is 24.3 Å². The molecule has 3 aromatic rings. The van der Waals surface area contributed by atoms with Gasteiger partial charge < -0.3 is 4.42 Å². The topological polar surface area (TPSA) is 97.7 Å². The number of nitro benzene ring substituents is 1. The van der Waals surface area contributed by atoms with Crippen LogP contribution in [0.1, 0.15) is 11.3 Å². The summed E-state index contributed by atoms with van der Waals surface area (Å²) in [6.45, 7) is 0. The van der Waals surface area contributed by atoms with E-state index >= 15 is 0 Å². The van der Waals surface area contributed by atoms with Gasteiger partial charge in [0.15, 0.2) is 0 Å². The molecule has 0 bridgehead atoms. The smallest absolute Gasteiger partial charge is 0.269 e. The summed E-state index contributed by atoms with van der Waals surface area (Å²) in [6, 6.07) is 17.4. The Bertz CT molecular complexity index is 1030. The Hall–Kier alpha value is -2.91. The van der Waals surface area contributed by atoms with Crippen LogP contribution in [0.15, 0.2) is 74.7 Å². The quantitative estimate of drug-likeness (QED) is 0.282. The normalized spacial score (nSPS) is 10.9. The molecule has 1 amide bonds. The summed E-state index contributed by atoms with van der Waals surface area (Å²) in [7, 11) is 0. The molecule has 0 saturated heterocycles. The van der Waals surface area contributed by atoms with Gasteiger partial charge in [-0.3, -0.25) is 14.9 Å². The van der Waals surface area contributed by atoms with Crippen molar-refractivity contribution in [3.8, 4) is 11.3 Å². The van der Waals surface area contributed by atoms with Gasteiger partial charge in [-0.2, -0.15) is 5.10 Å². The molecule has 7 nitrogen and oxygen atoms in total. The first kappa shape index (κ1) is 20.8. The summed E-state index contributed by atoms with van der Waals surface area (Å²) < 4.78 is 6.63. The van der Waals surface area contributed by atoms with Crippen LogP contribution in [0.3, 0.4) is 0 Å². The number of non-ortho nitro benzene ring substituents is 1. The van der Waals surface area contributed by atoms with Gasteiger partial charge in [0.25, 0.3) is 5.69 Å². The number of nitro groups is 1. The standard InChI is InChI=1S/C20H16BrN3O4S/c21-16-3-1-2-14(10-16)12-29-13-20(25)23-22-11-18-8-9-19(28-18)15-4-6-17(7-5-15)24(26)27/h1-11H,12-13H2,(H,23,25)/b22-11+. The van der Waals surface area contributed by atoms with E-state index in [1.165, 1.54) is 30.1 Å². The summed E-state index contributed by atoms with van der Waals surface area (Å²) in [5, 5.41) is 14.6. The highest BCUT2D eigenvalue weighted by molar-refractivity contribution is 9.10. The van der Waals surface area contributed by atoms with Crippen LogP contribution in [0.4, 0.5) is 5.69 Å². The first-order valence-electron chi connectivity index (χ1n) is 8.50. The second-order valence-electron chi connectivity index (χ2n) is 5.92. The Kier molecular flexibility index (Phi) is 7.20. The average molecular weight is 474 g/mol. The molecule has 148 valence electrons. The molecular formula is C20H16BrN3O4S. The van der Waals surface area contributed by atoms with Crippen molar-refractivity contribution in [3.63, 3.8) is 0 Å². The minimum absolute atomic E-state index is 0.0163. The van der Waals surface area contributed by atoms with E-state index in [4.69, 9.17) is 4.42 Å². The molecule has 29 heavy (non-hydrogen) atoms. The van der Waals surface area contributed by atoms with Crippen LogP contribution in [0.5, 0.6) is 0 Å². The Balaban J connectivity index is 1.46. The van der Waals surface area contributed by atoms with Gasteiger partial charge >= 0.3 is 0 Å². The van der Waals surface area contributed by atoms with Crippen LogP contribution >= 0.6 is 27.7 Å². The van der Waals surface area contributed by atoms with Crippen molar-refractivity contribution in [2.75, 3.05) is 5.75 Å². The Morgan fingerprint density at radius 3 is 2.72 bits per heavy atom. The predicted molar refractivity (Wildman–Crippen MR) is 117 cm³/mol. The maximum absolute atomic E-state index is 11.9. The van der Waals surface area contributed by atoms with E-state index in [2.05, 4.69) is 26.5 Å². The van der Waals surface area contributed by atoms with E-state index in [-0.39, 0.29) is 17.3 Å². The molecular weight excluding hydrogens is 458 g/mol. The monoisotopic (exact) mass is 473 g/mol. The number of furan rings is 1. The molecule has 9 heteroatoms. The number of nitrogens with zero attached hydrogens (tertiary/aromatic N) is 2. The SMILES string of the molecule is O=C(CSCc1cccc(Br)c1)N/N=C/c1ccc(-c2ccc([N+](=O)[O-])cc2)o1. The van der Waals surface area contributed by atoms with Crippen LogP contribution in [0.2, 0.25) is 0 Å². The lowest BCUT2D eigenvalue weighted by molar-refractivity contribution is -0.384. The number of thioether (sulfide) groups is 1. The summed E-state index contributed by atoms with van der Waals surface area (Å²) in [5.41, 5.74) is 4.33. The molecule has 0 radical (unpaired) electrons. The largest absolute Gasteiger partial charge is 0.455 e. The van der Waals surface area contributed by atoms with Crippen molar-refractivity contribution >= 4 is 45.5 Å². The second-order valence-corrected chi connectivity index (χ2v) is 7.82.